The third-order valence-electron chi connectivity index (χ3n) is 14.8. The number of unbranched alkanes of at least 4 members (excludes halogenated alkanes) is 19. The Morgan fingerprint density at radius 1 is 0.306 bits per heavy atom. The number of aliphatic hydroxyl groups excluding tert-OH is 1. The lowest BCUT2D eigenvalue weighted by Crippen LogP contribution is -2.30. The van der Waals surface area contributed by atoms with E-state index in [0.29, 0.717) is 32.1 Å². The average Bonchev–Trinajstić information content (AvgIpc) is 0.986. The van der Waals surface area contributed by atoms with Gasteiger partial charge in [-0.2, -0.15) is 0 Å². The first-order valence-electron chi connectivity index (χ1n) is 37.1. The van der Waals surface area contributed by atoms with Crippen LogP contribution in [0.15, 0.2) is 146 Å². The molecule has 0 fully saturated rings. The number of phosphoric acid groups is 2. The number of hydrogen-bond acceptors (Lipinski definition) is 15. The van der Waals surface area contributed by atoms with E-state index < -0.39 is 97.5 Å². The molecule has 5 atom stereocenters. The Morgan fingerprint density at radius 3 is 0.959 bits per heavy atom. The first kappa shape index (κ1) is 92.9. The molecule has 558 valence electrons. The Morgan fingerprint density at radius 2 is 0.582 bits per heavy atom. The number of phosphoric ester groups is 2. The molecule has 0 aliphatic rings. The third kappa shape index (κ3) is 69.4. The van der Waals surface area contributed by atoms with Gasteiger partial charge in [-0.05, 0) is 122 Å². The topological polar surface area (TPSA) is 237 Å². The number of ether oxygens (including phenoxy) is 4. The van der Waals surface area contributed by atoms with Gasteiger partial charge in [0.15, 0.2) is 12.2 Å². The lowest BCUT2D eigenvalue weighted by Gasteiger charge is -2.21. The number of allylic oxidation sites excluding steroid dienone is 23. The maximum atomic E-state index is 13.1. The van der Waals surface area contributed by atoms with Gasteiger partial charge in [-0.3, -0.25) is 37.3 Å². The number of esters is 4. The van der Waals surface area contributed by atoms with Gasteiger partial charge in [-0.1, -0.05) is 270 Å². The molecule has 0 bridgehead atoms. The van der Waals surface area contributed by atoms with Crippen molar-refractivity contribution in [3.8, 4) is 0 Å². The second kappa shape index (κ2) is 70.4. The summed E-state index contributed by atoms with van der Waals surface area (Å²) in [5, 5.41) is 10.6. The van der Waals surface area contributed by atoms with Crippen molar-refractivity contribution in [3.05, 3.63) is 146 Å². The van der Waals surface area contributed by atoms with Crippen molar-refractivity contribution in [1.82, 2.24) is 0 Å². The number of rotatable bonds is 68. The molecule has 0 saturated carbocycles. The van der Waals surface area contributed by atoms with Crippen molar-refractivity contribution in [1.29, 1.82) is 0 Å². The summed E-state index contributed by atoms with van der Waals surface area (Å²) in [5.74, 6) is -2.41. The quantitative estimate of drug-likeness (QED) is 0.0169. The van der Waals surface area contributed by atoms with Crippen LogP contribution in [0.25, 0.3) is 0 Å². The van der Waals surface area contributed by atoms with Crippen molar-refractivity contribution < 1.29 is 80.2 Å². The van der Waals surface area contributed by atoms with Crippen LogP contribution in [0.3, 0.4) is 0 Å². The largest absolute Gasteiger partial charge is 0.472 e. The van der Waals surface area contributed by atoms with Crippen LogP contribution in [0.4, 0.5) is 0 Å². The predicted octanol–water partition coefficient (Wildman–Crippen LogP) is 21.1. The summed E-state index contributed by atoms with van der Waals surface area (Å²) in [7, 11) is -9.99. The van der Waals surface area contributed by atoms with Gasteiger partial charge < -0.3 is 33.8 Å². The van der Waals surface area contributed by atoms with Crippen LogP contribution in [0, 0.1) is 0 Å². The number of aliphatic hydroxyl groups is 1. The van der Waals surface area contributed by atoms with Gasteiger partial charge in [-0.25, -0.2) is 9.13 Å². The molecule has 0 amide bonds. The van der Waals surface area contributed by atoms with Crippen LogP contribution in [0.5, 0.6) is 0 Å². The smallest absolute Gasteiger partial charge is 0.462 e. The maximum absolute atomic E-state index is 13.1. The molecule has 0 rings (SSSR count). The highest BCUT2D eigenvalue weighted by molar-refractivity contribution is 7.47. The maximum Gasteiger partial charge on any atom is 0.472 e. The normalized spacial score (nSPS) is 14.8. The van der Waals surface area contributed by atoms with Gasteiger partial charge in [0.1, 0.15) is 19.3 Å². The first-order valence-corrected chi connectivity index (χ1v) is 40.1. The molecule has 17 nitrogen and oxygen atoms in total. The average molecular weight is 1410 g/mol. The summed E-state index contributed by atoms with van der Waals surface area (Å²) in [6, 6.07) is 0. The summed E-state index contributed by atoms with van der Waals surface area (Å²) in [4.78, 5) is 72.7. The summed E-state index contributed by atoms with van der Waals surface area (Å²) in [5.41, 5.74) is 0. The van der Waals surface area contributed by atoms with Crippen LogP contribution >= 0.6 is 15.6 Å². The summed E-state index contributed by atoms with van der Waals surface area (Å²) >= 11 is 0. The molecule has 0 aliphatic heterocycles. The Balaban J connectivity index is 5.46. The molecule has 0 aromatic heterocycles. The monoisotopic (exact) mass is 1410 g/mol. The molecule has 3 N–H and O–H groups in total. The molecule has 0 aromatic carbocycles. The zero-order chi connectivity index (χ0) is 71.8. The lowest BCUT2D eigenvalue weighted by molar-refractivity contribution is -0.161. The number of carbonyl (C=O) groups is 4. The molecule has 0 aliphatic carbocycles. The molecule has 0 saturated heterocycles. The molecule has 0 aromatic rings. The van der Waals surface area contributed by atoms with Gasteiger partial charge in [-0.15, -0.1) is 0 Å². The molecular formula is C79H130O17P2. The van der Waals surface area contributed by atoms with Gasteiger partial charge in [0.25, 0.3) is 0 Å². The van der Waals surface area contributed by atoms with Crippen molar-refractivity contribution in [2.45, 2.75) is 290 Å². The molecule has 0 heterocycles. The Hall–Kier alpha value is -5.06. The van der Waals surface area contributed by atoms with E-state index in [2.05, 4.69) is 137 Å². The van der Waals surface area contributed by atoms with Gasteiger partial charge in [0.05, 0.1) is 32.8 Å². The Kier molecular flexibility index (Phi) is 66.7. The predicted molar refractivity (Wildman–Crippen MR) is 399 cm³/mol. The molecular weight excluding hydrogens is 1280 g/mol. The highest BCUT2D eigenvalue weighted by Gasteiger charge is 2.30. The van der Waals surface area contributed by atoms with Crippen LogP contribution in [-0.4, -0.2) is 96.7 Å². The number of hydrogen-bond donors (Lipinski definition) is 3. The summed E-state index contributed by atoms with van der Waals surface area (Å²) < 4.78 is 68.2. The molecule has 0 spiro atoms. The second-order valence-electron chi connectivity index (χ2n) is 24.1. The Bertz CT molecular complexity index is 2430. The van der Waals surface area contributed by atoms with E-state index in [1.807, 2.05) is 30.4 Å². The minimum absolute atomic E-state index is 0.0608. The summed E-state index contributed by atoms with van der Waals surface area (Å²) in [6.07, 6.45) is 78.9. The molecule has 0 radical (unpaired) electrons. The standard InChI is InChI=1S/C79H130O17P2/c1-5-9-13-17-21-25-29-32-35-36-39-41-45-48-52-56-60-64-77(82)90-70-75(96-79(84)66-62-58-54-50-46-42-38-34-31-27-23-19-15-11-7-3)72-94-98(87,88)92-68-73(80)67-91-97(85,86)93-71-74(95-78(83)65-61-57-53-49-43-28-24-20-16-12-8-4)69-89-76(81)63-59-55-51-47-44-40-37-33-30-26-22-18-14-10-6-2/h9-10,13-14,21-23,25-27,32-35,37-39,41,44,47-48,52,55,59,73-75,80H,5-8,11-12,15-20,24,28-31,36,40,42-43,45-46,49-51,53-54,56-58,60-72H2,1-4H3,(H,85,86)(H,87,88)/b13-9-,14-10-,25-21-,26-22-,27-23-,35-32-,37-33-,38-34-,41-39-,47-44-,52-48-,59-55-. The fraction of sp³-hybridized carbons (Fsp3) is 0.646. The molecule has 5 unspecified atom stereocenters. The minimum atomic E-state index is -5.00. The Labute approximate surface area is 592 Å². The van der Waals surface area contributed by atoms with Crippen molar-refractivity contribution in [2.75, 3.05) is 39.6 Å². The van der Waals surface area contributed by atoms with Crippen molar-refractivity contribution in [3.63, 3.8) is 0 Å². The van der Waals surface area contributed by atoms with Crippen LogP contribution in [0.1, 0.15) is 272 Å². The first-order chi connectivity index (χ1) is 47.7. The molecule has 98 heavy (non-hydrogen) atoms. The van der Waals surface area contributed by atoms with Crippen LogP contribution in [-0.2, 0) is 65.4 Å². The zero-order valence-electron chi connectivity index (χ0n) is 60.7. The minimum Gasteiger partial charge on any atom is -0.462 e. The van der Waals surface area contributed by atoms with E-state index in [4.69, 9.17) is 37.0 Å². The van der Waals surface area contributed by atoms with E-state index in [1.54, 1.807) is 6.08 Å². The highest BCUT2D eigenvalue weighted by Crippen LogP contribution is 2.45. The van der Waals surface area contributed by atoms with Crippen LogP contribution < -0.4 is 0 Å². The van der Waals surface area contributed by atoms with E-state index in [-0.39, 0.29) is 25.7 Å². The third-order valence-corrected chi connectivity index (χ3v) is 16.7. The fourth-order valence-electron chi connectivity index (χ4n) is 9.24. The lowest BCUT2D eigenvalue weighted by atomic mass is 10.1. The van der Waals surface area contributed by atoms with Crippen molar-refractivity contribution >= 4 is 39.5 Å². The van der Waals surface area contributed by atoms with Crippen molar-refractivity contribution in [2.24, 2.45) is 0 Å². The van der Waals surface area contributed by atoms with E-state index in [1.165, 1.54) is 57.8 Å². The SMILES string of the molecule is CC/C=C\C/C=C\C/C=C\C/C=C\C/C=C\CCCC(=O)OCC(COP(=O)(O)OCC(O)COP(=O)(O)OCC(COC(=O)C/C=C\C/C=C\C/C=C\C/C=C\C/C=C\CC)OC(=O)CCCCCCCCCCCCC)OC(=O)CCCCCCC/C=C\C/C=C\CCCCC. The number of carbonyl (C=O) groups excluding carboxylic acids is 4. The summed E-state index contributed by atoms with van der Waals surface area (Å²) in [6.45, 7) is 4.39. The van der Waals surface area contributed by atoms with E-state index in [9.17, 15) is 43.2 Å². The molecule has 19 heteroatoms. The zero-order valence-corrected chi connectivity index (χ0v) is 62.4. The van der Waals surface area contributed by atoms with Crippen LogP contribution in [0.2, 0.25) is 0 Å². The van der Waals surface area contributed by atoms with E-state index >= 15 is 0 Å². The van der Waals surface area contributed by atoms with Gasteiger partial charge in [0, 0.05) is 19.3 Å². The second-order valence-corrected chi connectivity index (χ2v) is 27.0. The fourth-order valence-corrected chi connectivity index (χ4v) is 10.8. The van der Waals surface area contributed by atoms with E-state index in [0.717, 1.165) is 128 Å². The van der Waals surface area contributed by atoms with Gasteiger partial charge in [0.2, 0.25) is 0 Å². The highest BCUT2D eigenvalue weighted by atomic mass is 31.2. The van der Waals surface area contributed by atoms with Gasteiger partial charge >= 0.3 is 39.5 Å².